The van der Waals surface area contributed by atoms with Gasteiger partial charge in [0.2, 0.25) is 10.0 Å². The number of aryl methyl sites for hydroxylation is 1. The molecule has 2 rings (SSSR count). The third-order valence-corrected chi connectivity index (χ3v) is 4.18. The van der Waals surface area contributed by atoms with Crippen molar-refractivity contribution in [1.82, 2.24) is 0 Å². The number of sulfonamides is 1. The molecule has 0 aliphatic heterocycles. The van der Waals surface area contributed by atoms with Crippen molar-refractivity contribution in [2.45, 2.75) is 18.4 Å². The number of nitrogens with two attached hydrogens (primary N) is 1. The molecule has 0 amide bonds. The normalized spacial score (nSPS) is 11.2. The molecule has 6 heteroatoms. The highest BCUT2D eigenvalue weighted by molar-refractivity contribution is 7.89. The highest BCUT2D eigenvalue weighted by Crippen LogP contribution is 2.20. The largest absolute Gasteiger partial charge is 0.497 e. The number of benzene rings is 2. The Morgan fingerprint density at radius 1 is 1.19 bits per heavy atom. The second kappa shape index (κ2) is 6.15. The molecule has 5 nitrogen and oxygen atoms in total. The van der Waals surface area contributed by atoms with Crippen LogP contribution in [0.5, 0.6) is 5.75 Å². The fraction of sp³-hybridized carbons (Fsp3) is 0.200. The molecule has 2 aromatic carbocycles. The smallest absolute Gasteiger partial charge is 0.238 e. The summed E-state index contributed by atoms with van der Waals surface area (Å²) in [5.74, 6) is 0.781. The number of rotatable bonds is 5. The van der Waals surface area contributed by atoms with E-state index in [9.17, 15) is 8.42 Å². The third-order valence-electron chi connectivity index (χ3n) is 3.13. The van der Waals surface area contributed by atoms with Crippen molar-refractivity contribution in [2.75, 3.05) is 12.4 Å². The van der Waals surface area contributed by atoms with Gasteiger partial charge in [0.1, 0.15) is 5.75 Å². The van der Waals surface area contributed by atoms with Crippen LogP contribution in [0.4, 0.5) is 5.69 Å². The molecule has 0 spiro atoms. The highest BCUT2D eigenvalue weighted by atomic mass is 32.2. The van der Waals surface area contributed by atoms with E-state index in [1.54, 1.807) is 26.2 Å². The maximum absolute atomic E-state index is 11.5. The Morgan fingerprint density at radius 3 is 2.62 bits per heavy atom. The van der Waals surface area contributed by atoms with Gasteiger partial charge in [0.05, 0.1) is 12.0 Å². The Hall–Kier alpha value is -2.05. The number of methoxy groups -OCH3 is 1. The van der Waals surface area contributed by atoms with Crippen LogP contribution in [0.15, 0.2) is 47.4 Å². The summed E-state index contributed by atoms with van der Waals surface area (Å²) in [5, 5.41) is 8.38. The predicted octanol–water partition coefficient (Wildman–Crippen LogP) is 2.26. The molecule has 0 radical (unpaired) electrons. The lowest BCUT2D eigenvalue weighted by molar-refractivity contribution is 0.414. The third kappa shape index (κ3) is 3.96. The molecule has 0 aliphatic rings. The lowest BCUT2D eigenvalue weighted by atomic mass is 10.2. The van der Waals surface area contributed by atoms with Crippen molar-refractivity contribution in [3.8, 4) is 5.75 Å². The first-order chi connectivity index (χ1) is 9.90. The summed E-state index contributed by atoms with van der Waals surface area (Å²) in [6, 6.07) is 12.8. The molecule has 21 heavy (non-hydrogen) atoms. The first-order valence-electron chi connectivity index (χ1n) is 6.40. The van der Waals surface area contributed by atoms with Gasteiger partial charge < -0.3 is 10.1 Å². The predicted molar refractivity (Wildman–Crippen MR) is 82.9 cm³/mol. The van der Waals surface area contributed by atoms with Crippen molar-refractivity contribution in [1.29, 1.82) is 0 Å². The molecule has 2 aromatic rings. The van der Waals surface area contributed by atoms with E-state index in [1.807, 2.05) is 30.3 Å². The minimum Gasteiger partial charge on any atom is -0.497 e. The van der Waals surface area contributed by atoms with Gasteiger partial charge in [-0.2, -0.15) is 0 Å². The Balaban J connectivity index is 2.17. The Kier molecular flexibility index (Phi) is 4.50. The number of hydrogen-bond donors (Lipinski definition) is 2. The maximum atomic E-state index is 11.5. The van der Waals surface area contributed by atoms with Gasteiger partial charge in [-0.1, -0.05) is 18.2 Å². The van der Waals surface area contributed by atoms with E-state index in [0.29, 0.717) is 17.8 Å². The zero-order chi connectivity index (χ0) is 15.5. The molecule has 0 aliphatic carbocycles. The number of hydrogen-bond acceptors (Lipinski definition) is 4. The second-order valence-electron chi connectivity index (χ2n) is 4.73. The maximum Gasteiger partial charge on any atom is 0.238 e. The number of ether oxygens (including phenoxy) is 1. The van der Waals surface area contributed by atoms with Gasteiger partial charge in [-0.15, -0.1) is 0 Å². The van der Waals surface area contributed by atoms with Crippen LogP contribution in [0, 0.1) is 6.92 Å². The van der Waals surface area contributed by atoms with Crippen LogP contribution in [0.1, 0.15) is 11.1 Å². The van der Waals surface area contributed by atoms with Gasteiger partial charge in [-0.25, -0.2) is 13.6 Å². The first-order valence-corrected chi connectivity index (χ1v) is 7.95. The lowest BCUT2D eigenvalue weighted by Gasteiger charge is -2.10. The Morgan fingerprint density at radius 2 is 1.95 bits per heavy atom. The van der Waals surface area contributed by atoms with Crippen LogP contribution in [0.3, 0.4) is 0 Å². The number of primary sulfonamides is 1. The van der Waals surface area contributed by atoms with Crippen molar-refractivity contribution in [2.24, 2.45) is 5.14 Å². The minimum atomic E-state index is -3.71. The monoisotopic (exact) mass is 306 g/mol. The van der Waals surface area contributed by atoms with Gasteiger partial charge >= 0.3 is 0 Å². The van der Waals surface area contributed by atoms with Crippen molar-refractivity contribution in [3.05, 3.63) is 53.6 Å². The summed E-state index contributed by atoms with van der Waals surface area (Å²) in [6.07, 6.45) is 0. The zero-order valence-electron chi connectivity index (χ0n) is 12.0. The fourth-order valence-corrected chi connectivity index (χ4v) is 2.81. The molecular weight excluding hydrogens is 288 g/mol. The van der Waals surface area contributed by atoms with Crippen LogP contribution >= 0.6 is 0 Å². The summed E-state index contributed by atoms with van der Waals surface area (Å²) in [4.78, 5) is 0.137. The van der Waals surface area contributed by atoms with E-state index < -0.39 is 10.0 Å². The summed E-state index contributed by atoms with van der Waals surface area (Å²) >= 11 is 0. The van der Waals surface area contributed by atoms with E-state index >= 15 is 0 Å². The topological polar surface area (TPSA) is 81.4 Å². The SMILES string of the molecule is COc1cccc(CNc2ccc(C)c(S(N)(=O)=O)c2)c1. The fourth-order valence-electron chi connectivity index (χ4n) is 2.00. The standard InChI is InChI=1S/C15H18N2O3S/c1-11-6-7-13(9-15(11)21(16,18)19)17-10-12-4-3-5-14(8-12)20-2/h3-9,17H,10H2,1-2H3,(H2,16,18,19). The van der Waals surface area contributed by atoms with E-state index in [0.717, 1.165) is 11.3 Å². The van der Waals surface area contributed by atoms with E-state index in [-0.39, 0.29) is 4.90 Å². The Labute approximate surface area is 124 Å². The molecule has 0 saturated carbocycles. The molecular formula is C15H18N2O3S. The average molecular weight is 306 g/mol. The first kappa shape index (κ1) is 15.3. The minimum absolute atomic E-state index is 0.137. The van der Waals surface area contributed by atoms with Gasteiger partial charge in [0.25, 0.3) is 0 Å². The van der Waals surface area contributed by atoms with Crippen molar-refractivity contribution >= 4 is 15.7 Å². The van der Waals surface area contributed by atoms with Gasteiger partial charge in [0.15, 0.2) is 0 Å². The summed E-state index contributed by atoms with van der Waals surface area (Å²) in [6.45, 7) is 2.27. The number of anilines is 1. The van der Waals surface area contributed by atoms with Crippen LogP contribution < -0.4 is 15.2 Å². The van der Waals surface area contributed by atoms with Crippen molar-refractivity contribution in [3.63, 3.8) is 0 Å². The van der Waals surface area contributed by atoms with Crippen LogP contribution in [0.25, 0.3) is 0 Å². The van der Waals surface area contributed by atoms with Crippen LogP contribution in [-0.4, -0.2) is 15.5 Å². The molecule has 0 fully saturated rings. The van der Waals surface area contributed by atoms with Gasteiger partial charge in [-0.3, -0.25) is 0 Å². The Bertz CT molecular complexity index is 742. The summed E-state index contributed by atoms with van der Waals surface area (Å²) in [7, 11) is -2.09. The number of nitrogens with one attached hydrogen (secondary N) is 1. The van der Waals surface area contributed by atoms with Gasteiger partial charge in [0, 0.05) is 12.2 Å². The van der Waals surface area contributed by atoms with Crippen LogP contribution in [0.2, 0.25) is 0 Å². The highest BCUT2D eigenvalue weighted by Gasteiger charge is 2.11. The molecule has 0 saturated heterocycles. The quantitative estimate of drug-likeness (QED) is 0.888. The molecule has 0 unspecified atom stereocenters. The molecule has 3 N–H and O–H groups in total. The molecule has 0 bridgehead atoms. The van der Waals surface area contributed by atoms with E-state index in [2.05, 4.69) is 5.32 Å². The summed E-state index contributed by atoms with van der Waals surface area (Å²) in [5.41, 5.74) is 2.36. The average Bonchev–Trinajstić information content (AvgIpc) is 2.45. The van der Waals surface area contributed by atoms with E-state index in [1.165, 1.54) is 0 Å². The zero-order valence-corrected chi connectivity index (χ0v) is 12.8. The molecule has 112 valence electrons. The van der Waals surface area contributed by atoms with Crippen LogP contribution in [-0.2, 0) is 16.6 Å². The second-order valence-corrected chi connectivity index (χ2v) is 6.26. The van der Waals surface area contributed by atoms with Crippen molar-refractivity contribution < 1.29 is 13.2 Å². The van der Waals surface area contributed by atoms with E-state index in [4.69, 9.17) is 9.88 Å². The van der Waals surface area contributed by atoms with Gasteiger partial charge in [-0.05, 0) is 42.3 Å². The summed E-state index contributed by atoms with van der Waals surface area (Å²) < 4.78 is 28.2. The molecule has 0 atom stereocenters. The molecule has 0 aromatic heterocycles. The lowest BCUT2D eigenvalue weighted by Crippen LogP contribution is -2.14. The molecule has 0 heterocycles.